The van der Waals surface area contributed by atoms with Crippen LogP contribution in [0, 0.1) is 0 Å². The van der Waals surface area contributed by atoms with Crippen LogP contribution in [-0.2, 0) is 4.79 Å². The third kappa shape index (κ3) is 1.32. The van der Waals surface area contributed by atoms with Crippen molar-refractivity contribution in [2.45, 2.75) is 18.6 Å². The van der Waals surface area contributed by atoms with Crippen LogP contribution in [0.15, 0.2) is 0 Å². The predicted molar refractivity (Wildman–Crippen MR) is 35.7 cm³/mol. The van der Waals surface area contributed by atoms with Crippen molar-refractivity contribution in [2.24, 2.45) is 0 Å². The van der Waals surface area contributed by atoms with E-state index in [-0.39, 0.29) is 13.0 Å². The van der Waals surface area contributed by atoms with Crippen molar-refractivity contribution in [3.8, 4) is 0 Å². The Kier molecular flexibility index (Phi) is 2.16. The highest BCUT2D eigenvalue weighted by Crippen LogP contribution is 2.20. The molecule has 1 saturated heterocycles. The quantitative estimate of drug-likeness (QED) is 0.598. The van der Waals surface area contributed by atoms with Gasteiger partial charge in [0.25, 0.3) is 0 Å². The van der Waals surface area contributed by atoms with Crippen LogP contribution in [0.5, 0.6) is 0 Å². The number of amides is 1. The summed E-state index contributed by atoms with van der Waals surface area (Å²) in [5, 5.41) is 16.9. The van der Waals surface area contributed by atoms with E-state index in [0.29, 0.717) is 4.90 Å². The maximum atomic E-state index is 12.8. The number of hydrogen-bond acceptors (Lipinski definition) is 2. The number of alkyl halides is 1. The number of nitrogens with zero attached hydrogens (tertiary/aromatic N) is 1. The molecule has 0 bridgehead atoms. The lowest BCUT2D eigenvalue weighted by Gasteiger charge is -2.17. The SMILES string of the molecule is O=C(O)[C@H]1[C@H](F)CCN1C(=O)O. The Balaban J connectivity index is 2.77. The number of likely N-dealkylation sites (tertiary alicyclic amines) is 1. The van der Waals surface area contributed by atoms with E-state index in [1.54, 1.807) is 0 Å². The summed E-state index contributed by atoms with van der Waals surface area (Å²) in [5.74, 6) is -1.43. The summed E-state index contributed by atoms with van der Waals surface area (Å²) in [6, 6.07) is -1.53. The van der Waals surface area contributed by atoms with Crippen molar-refractivity contribution < 1.29 is 24.2 Å². The van der Waals surface area contributed by atoms with Crippen LogP contribution < -0.4 is 0 Å². The van der Waals surface area contributed by atoms with Gasteiger partial charge in [-0.25, -0.2) is 14.0 Å². The van der Waals surface area contributed by atoms with Gasteiger partial charge in [0.05, 0.1) is 0 Å². The molecule has 1 aliphatic heterocycles. The number of aliphatic carboxylic acids is 1. The first-order valence-corrected chi connectivity index (χ1v) is 3.40. The number of carbonyl (C=O) groups is 2. The van der Waals surface area contributed by atoms with Crippen LogP contribution in [0.2, 0.25) is 0 Å². The molecule has 0 aromatic heterocycles. The summed E-state index contributed by atoms with van der Waals surface area (Å²) in [7, 11) is 0. The Morgan fingerprint density at radius 1 is 1.42 bits per heavy atom. The lowest BCUT2D eigenvalue weighted by molar-refractivity contribution is -0.143. The van der Waals surface area contributed by atoms with E-state index in [4.69, 9.17) is 10.2 Å². The van der Waals surface area contributed by atoms with Gasteiger partial charge < -0.3 is 10.2 Å². The molecule has 0 aromatic rings. The lowest BCUT2D eigenvalue weighted by atomic mass is 10.2. The van der Waals surface area contributed by atoms with Crippen LogP contribution in [-0.4, -0.2) is 45.9 Å². The minimum Gasteiger partial charge on any atom is -0.480 e. The Morgan fingerprint density at radius 3 is 2.33 bits per heavy atom. The fourth-order valence-corrected chi connectivity index (χ4v) is 1.26. The van der Waals surface area contributed by atoms with Gasteiger partial charge in [0.1, 0.15) is 6.17 Å². The van der Waals surface area contributed by atoms with Gasteiger partial charge in [0.15, 0.2) is 6.04 Å². The molecular formula is C6H8FNO4. The van der Waals surface area contributed by atoms with Crippen LogP contribution in [0.1, 0.15) is 6.42 Å². The average Bonchev–Trinajstić information content (AvgIpc) is 2.30. The second-order valence-corrected chi connectivity index (χ2v) is 2.56. The third-order valence-electron chi connectivity index (χ3n) is 1.82. The molecule has 1 fully saturated rings. The van der Waals surface area contributed by atoms with Gasteiger partial charge in [-0.1, -0.05) is 0 Å². The van der Waals surface area contributed by atoms with Gasteiger partial charge in [0, 0.05) is 6.54 Å². The maximum Gasteiger partial charge on any atom is 0.408 e. The molecule has 5 nitrogen and oxygen atoms in total. The van der Waals surface area contributed by atoms with E-state index in [1.807, 2.05) is 0 Å². The van der Waals surface area contributed by atoms with Crippen molar-refractivity contribution in [1.29, 1.82) is 0 Å². The summed E-state index contributed by atoms with van der Waals surface area (Å²) in [6.45, 7) is -0.0481. The van der Waals surface area contributed by atoms with Gasteiger partial charge in [-0.15, -0.1) is 0 Å². The van der Waals surface area contributed by atoms with Crippen molar-refractivity contribution in [1.82, 2.24) is 4.90 Å². The number of halogens is 1. The zero-order chi connectivity index (χ0) is 9.30. The summed E-state index contributed by atoms with van der Waals surface area (Å²) in [6.07, 6.45) is -3.01. The highest BCUT2D eigenvalue weighted by molar-refractivity contribution is 5.80. The molecule has 0 spiro atoms. The van der Waals surface area contributed by atoms with Gasteiger partial charge in [-0.3, -0.25) is 4.90 Å². The summed E-state index contributed by atoms with van der Waals surface area (Å²) in [5.41, 5.74) is 0. The lowest BCUT2D eigenvalue weighted by Crippen LogP contribution is -2.43. The van der Waals surface area contributed by atoms with Gasteiger partial charge in [-0.2, -0.15) is 0 Å². The molecule has 1 heterocycles. The normalized spacial score (nSPS) is 28.9. The minimum absolute atomic E-state index is 0.0384. The molecule has 0 aliphatic carbocycles. The Hall–Kier alpha value is -1.33. The molecule has 0 aromatic carbocycles. The minimum atomic E-state index is -1.58. The molecule has 0 unspecified atom stereocenters. The third-order valence-corrected chi connectivity index (χ3v) is 1.82. The van der Waals surface area contributed by atoms with E-state index in [0.717, 1.165) is 0 Å². The number of hydrogen-bond donors (Lipinski definition) is 2. The zero-order valence-electron chi connectivity index (χ0n) is 6.11. The molecule has 6 heteroatoms. The monoisotopic (exact) mass is 177 g/mol. The molecule has 1 aliphatic rings. The molecule has 2 atom stereocenters. The highest BCUT2D eigenvalue weighted by Gasteiger charge is 2.42. The van der Waals surface area contributed by atoms with Crippen molar-refractivity contribution in [2.75, 3.05) is 6.54 Å². The largest absolute Gasteiger partial charge is 0.480 e. The van der Waals surface area contributed by atoms with E-state index in [2.05, 4.69) is 0 Å². The Bertz CT molecular complexity index is 220. The Morgan fingerprint density at radius 2 is 2.00 bits per heavy atom. The molecule has 0 radical (unpaired) electrons. The van der Waals surface area contributed by atoms with E-state index >= 15 is 0 Å². The zero-order valence-corrected chi connectivity index (χ0v) is 6.11. The smallest absolute Gasteiger partial charge is 0.408 e. The van der Waals surface area contributed by atoms with Crippen LogP contribution in [0.25, 0.3) is 0 Å². The van der Waals surface area contributed by atoms with Crippen LogP contribution in [0.3, 0.4) is 0 Å². The number of rotatable bonds is 1. The summed E-state index contributed by atoms with van der Waals surface area (Å²) in [4.78, 5) is 21.3. The van der Waals surface area contributed by atoms with Gasteiger partial charge >= 0.3 is 12.1 Å². The first kappa shape index (κ1) is 8.76. The predicted octanol–water partition coefficient (Wildman–Crippen LogP) is 0.161. The molecular weight excluding hydrogens is 169 g/mol. The van der Waals surface area contributed by atoms with E-state index in [1.165, 1.54) is 0 Å². The molecule has 12 heavy (non-hydrogen) atoms. The fraction of sp³-hybridized carbons (Fsp3) is 0.667. The van der Waals surface area contributed by atoms with Crippen LogP contribution >= 0.6 is 0 Å². The van der Waals surface area contributed by atoms with Gasteiger partial charge in [-0.05, 0) is 6.42 Å². The Labute approximate surface area is 67.4 Å². The second-order valence-electron chi connectivity index (χ2n) is 2.56. The first-order chi connectivity index (χ1) is 5.54. The summed E-state index contributed by atoms with van der Waals surface area (Å²) >= 11 is 0. The van der Waals surface area contributed by atoms with E-state index < -0.39 is 24.3 Å². The van der Waals surface area contributed by atoms with Crippen LogP contribution in [0.4, 0.5) is 9.18 Å². The number of carboxylic acids is 1. The molecule has 1 rings (SSSR count). The van der Waals surface area contributed by atoms with Crippen molar-refractivity contribution in [3.05, 3.63) is 0 Å². The maximum absolute atomic E-state index is 12.8. The molecule has 68 valence electrons. The van der Waals surface area contributed by atoms with Crippen molar-refractivity contribution in [3.63, 3.8) is 0 Å². The average molecular weight is 177 g/mol. The number of carboxylic acid groups (broad SMARTS) is 2. The first-order valence-electron chi connectivity index (χ1n) is 3.40. The standard InChI is InChI=1S/C6H8FNO4/c7-3-1-2-8(6(11)12)4(3)5(9)10/h3-4H,1-2H2,(H,9,10)(H,11,12)/t3-,4-/m1/s1. The van der Waals surface area contributed by atoms with Gasteiger partial charge in [0.2, 0.25) is 0 Å². The van der Waals surface area contributed by atoms with Crippen molar-refractivity contribution >= 4 is 12.1 Å². The second kappa shape index (κ2) is 2.96. The molecule has 2 N–H and O–H groups in total. The molecule has 0 saturated carbocycles. The highest BCUT2D eigenvalue weighted by atomic mass is 19.1. The fourth-order valence-electron chi connectivity index (χ4n) is 1.26. The van der Waals surface area contributed by atoms with E-state index in [9.17, 15) is 14.0 Å². The summed E-state index contributed by atoms with van der Waals surface area (Å²) < 4.78 is 12.8. The molecule has 1 amide bonds. The topological polar surface area (TPSA) is 77.8 Å².